The molecule has 2 aromatic carbocycles. The predicted molar refractivity (Wildman–Crippen MR) is 119 cm³/mol. The third kappa shape index (κ3) is 3.51. The van der Waals surface area contributed by atoms with Gasteiger partial charge in [0.2, 0.25) is 0 Å². The van der Waals surface area contributed by atoms with Gasteiger partial charge in [-0.2, -0.15) is 0 Å². The number of anilines is 1. The molecule has 3 aliphatic rings. The van der Waals surface area contributed by atoms with Gasteiger partial charge in [-0.3, -0.25) is 9.69 Å². The zero-order chi connectivity index (χ0) is 21.8. The number of likely N-dealkylation sites (N-methyl/N-ethyl adjacent to an activating group) is 1. The fraction of sp³-hybridized carbons (Fsp3) is 0.391. The second-order valence-corrected chi connectivity index (χ2v) is 9.08. The van der Waals surface area contributed by atoms with E-state index >= 15 is 0 Å². The van der Waals surface area contributed by atoms with Crippen molar-refractivity contribution in [2.24, 2.45) is 0 Å². The molecule has 0 spiro atoms. The zero-order valence-corrected chi connectivity index (χ0v) is 18.4. The molecule has 2 unspecified atom stereocenters. The number of ether oxygens (including phenoxy) is 1. The van der Waals surface area contributed by atoms with Crippen molar-refractivity contribution in [2.45, 2.75) is 25.1 Å². The van der Waals surface area contributed by atoms with Gasteiger partial charge < -0.3 is 19.9 Å². The summed E-state index contributed by atoms with van der Waals surface area (Å²) in [6.07, 6.45) is 0.572. The lowest BCUT2D eigenvalue weighted by molar-refractivity contribution is 0.0378. The Hall–Kier alpha value is -2.77. The summed E-state index contributed by atoms with van der Waals surface area (Å²) in [6, 6.07) is 12.3. The lowest BCUT2D eigenvalue weighted by Crippen LogP contribution is -2.65. The number of fused-ring (bicyclic) bond motifs is 4. The van der Waals surface area contributed by atoms with Crippen LogP contribution < -0.4 is 15.0 Å². The van der Waals surface area contributed by atoms with Crippen molar-refractivity contribution < 1.29 is 14.3 Å². The van der Waals surface area contributed by atoms with E-state index in [0.717, 1.165) is 18.7 Å². The van der Waals surface area contributed by atoms with Gasteiger partial charge in [0.25, 0.3) is 5.91 Å². The first-order valence-electron chi connectivity index (χ1n) is 10.5. The monoisotopic (exact) mass is 440 g/mol. The Kier molecular flexibility index (Phi) is 4.83. The molecule has 2 atom stereocenters. The van der Waals surface area contributed by atoms with Gasteiger partial charge in [0.15, 0.2) is 5.72 Å². The summed E-state index contributed by atoms with van der Waals surface area (Å²) in [5.74, 6) is 0.692. The highest BCUT2D eigenvalue weighted by Gasteiger charge is 2.50. The number of benzene rings is 2. The average Bonchev–Trinajstić information content (AvgIpc) is 2.74. The molecule has 3 heterocycles. The van der Waals surface area contributed by atoms with Gasteiger partial charge in [-0.05, 0) is 50.4 Å². The maximum atomic E-state index is 13.1. The Bertz CT molecular complexity index is 1050. The van der Waals surface area contributed by atoms with Crippen LogP contribution in [0.4, 0.5) is 10.5 Å². The van der Waals surface area contributed by atoms with Gasteiger partial charge in [-0.1, -0.05) is 17.7 Å². The SMILES string of the molecule is CN1CCN(C(=O)c2cccc(N3C(=O)NC4CC3(C)Oc3ccc(Cl)cc34)c2)CC1. The Balaban J connectivity index is 1.45. The maximum Gasteiger partial charge on any atom is 0.325 e. The first-order chi connectivity index (χ1) is 14.8. The van der Waals surface area contributed by atoms with Crippen LogP contribution in [0.1, 0.15) is 35.3 Å². The van der Waals surface area contributed by atoms with Gasteiger partial charge in [0.1, 0.15) is 5.75 Å². The molecule has 0 radical (unpaired) electrons. The van der Waals surface area contributed by atoms with Crippen molar-refractivity contribution in [2.75, 3.05) is 38.1 Å². The van der Waals surface area contributed by atoms with Crippen molar-refractivity contribution in [3.8, 4) is 5.75 Å². The van der Waals surface area contributed by atoms with Crippen LogP contribution in [0.2, 0.25) is 5.02 Å². The summed E-state index contributed by atoms with van der Waals surface area (Å²) in [7, 11) is 2.06. The molecule has 7 nitrogen and oxygen atoms in total. The molecule has 162 valence electrons. The second kappa shape index (κ2) is 7.43. The number of rotatable bonds is 2. The van der Waals surface area contributed by atoms with Crippen LogP contribution in [0.15, 0.2) is 42.5 Å². The third-order valence-electron chi connectivity index (χ3n) is 6.38. The fourth-order valence-corrected chi connectivity index (χ4v) is 4.89. The fourth-order valence-electron chi connectivity index (χ4n) is 4.71. The molecule has 3 aliphatic heterocycles. The number of carbonyl (C=O) groups is 2. The van der Waals surface area contributed by atoms with Crippen LogP contribution in [0.5, 0.6) is 5.75 Å². The lowest BCUT2D eigenvalue weighted by Gasteiger charge is -2.50. The van der Waals surface area contributed by atoms with E-state index in [1.807, 2.05) is 36.1 Å². The van der Waals surface area contributed by atoms with E-state index in [4.69, 9.17) is 16.3 Å². The van der Waals surface area contributed by atoms with Crippen LogP contribution in [0, 0.1) is 0 Å². The number of piperazine rings is 1. The van der Waals surface area contributed by atoms with E-state index in [2.05, 4.69) is 17.3 Å². The highest BCUT2D eigenvalue weighted by Crippen LogP contribution is 2.46. The number of hydrogen-bond donors (Lipinski definition) is 1. The van der Waals surface area contributed by atoms with Crippen LogP contribution >= 0.6 is 11.6 Å². The smallest absolute Gasteiger partial charge is 0.325 e. The van der Waals surface area contributed by atoms with Crippen LogP contribution in [0.3, 0.4) is 0 Å². The highest BCUT2D eigenvalue weighted by molar-refractivity contribution is 6.30. The molecule has 2 fully saturated rings. The third-order valence-corrected chi connectivity index (χ3v) is 6.61. The lowest BCUT2D eigenvalue weighted by atomic mass is 9.90. The maximum absolute atomic E-state index is 13.1. The molecule has 2 bridgehead atoms. The first kappa shape index (κ1) is 20.2. The van der Waals surface area contributed by atoms with E-state index in [1.54, 1.807) is 23.1 Å². The Morgan fingerprint density at radius 2 is 1.94 bits per heavy atom. The molecule has 2 aromatic rings. The molecule has 2 saturated heterocycles. The minimum absolute atomic E-state index is 0.0139. The largest absolute Gasteiger partial charge is 0.467 e. The van der Waals surface area contributed by atoms with Gasteiger partial charge >= 0.3 is 6.03 Å². The summed E-state index contributed by atoms with van der Waals surface area (Å²) < 4.78 is 6.32. The van der Waals surface area contributed by atoms with Crippen molar-refractivity contribution in [3.05, 3.63) is 58.6 Å². The summed E-state index contributed by atoms with van der Waals surface area (Å²) >= 11 is 6.15. The molecule has 0 aliphatic carbocycles. The van der Waals surface area contributed by atoms with Crippen molar-refractivity contribution in [1.29, 1.82) is 0 Å². The quantitative estimate of drug-likeness (QED) is 0.776. The van der Waals surface area contributed by atoms with Crippen molar-refractivity contribution in [3.63, 3.8) is 0 Å². The molecule has 0 aromatic heterocycles. The molecule has 31 heavy (non-hydrogen) atoms. The topological polar surface area (TPSA) is 65.1 Å². The average molecular weight is 441 g/mol. The van der Waals surface area contributed by atoms with Gasteiger partial charge in [-0.15, -0.1) is 0 Å². The molecule has 8 heteroatoms. The van der Waals surface area contributed by atoms with E-state index < -0.39 is 5.72 Å². The molecule has 3 amide bonds. The number of nitrogens with one attached hydrogen (secondary N) is 1. The summed E-state index contributed by atoms with van der Waals surface area (Å²) in [4.78, 5) is 31.9. The van der Waals surface area contributed by atoms with E-state index in [-0.39, 0.29) is 18.0 Å². The number of halogens is 1. The van der Waals surface area contributed by atoms with Crippen LogP contribution in [0.25, 0.3) is 0 Å². The number of hydrogen-bond acceptors (Lipinski definition) is 4. The number of urea groups is 1. The Morgan fingerprint density at radius 1 is 1.16 bits per heavy atom. The van der Waals surface area contributed by atoms with E-state index in [1.165, 1.54) is 0 Å². The van der Waals surface area contributed by atoms with Gasteiger partial charge in [-0.25, -0.2) is 4.79 Å². The van der Waals surface area contributed by atoms with Gasteiger partial charge in [0, 0.05) is 48.7 Å². The normalized spacial score (nSPS) is 25.5. The minimum atomic E-state index is -0.872. The zero-order valence-electron chi connectivity index (χ0n) is 17.6. The summed E-state index contributed by atoms with van der Waals surface area (Å²) in [6.45, 7) is 5.02. The van der Waals surface area contributed by atoms with E-state index in [0.29, 0.717) is 41.5 Å². The van der Waals surface area contributed by atoms with Crippen molar-refractivity contribution in [1.82, 2.24) is 15.1 Å². The second-order valence-electron chi connectivity index (χ2n) is 8.65. The predicted octanol–water partition coefficient (Wildman–Crippen LogP) is 3.50. The molecule has 0 saturated carbocycles. The number of carbonyl (C=O) groups excluding carboxylic acids is 2. The molecule has 1 N–H and O–H groups in total. The highest BCUT2D eigenvalue weighted by atomic mass is 35.5. The summed E-state index contributed by atoms with van der Waals surface area (Å²) in [5, 5.41) is 3.68. The Morgan fingerprint density at radius 3 is 2.71 bits per heavy atom. The summed E-state index contributed by atoms with van der Waals surface area (Å²) in [5.41, 5.74) is 1.22. The Labute approximate surface area is 186 Å². The minimum Gasteiger partial charge on any atom is -0.467 e. The molecule has 5 rings (SSSR count). The van der Waals surface area contributed by atoms with Crippen LogP contribution in [-0.2, 0) is 0 Å². The van der Waals surface area contributed by atoms with Gasteiger partial charge in [0.05, 0.1) is 11.7 Å². The van der Waals surface area contributed by atoms with Crippen LogP contribution in [-0.4, -0.2) is 60.7 Å². The van der Waals surface area contributed by atoms with E-state index in [9.17, 15) is 9.59 Å². The number of amides is 3. The molecular weight excluding hydrogens is 416 g/mol. The number of nitrogens with zero attached hydrogens (tertiary/aromatic N) is 3. The molecular formula is C23H25ClN4O3. The first-order valence-corrected chi connectivity index (χ1v) is 10.9. The standard InChI is InChI=1S/C23H25ClN4O3/c1-23-14-19(18-13-16(24)6-7-20(18)31-23)25-22(30)28(23)17-5-3-4-15(12-17)21(29)27-10-8-26(2)9-11-27/h3-7,12-13,19H,8-11,14H2,1-2H3,(H,25,30). The van der Waals surface area contributed by atoms with Crippen molar-refractivity contribution >= 4 is 29.2 Å².